The van der Waals surface area contributed by atoms with Gasteiger partial charge in [-0.15, -0.1) is 0 Å². The minimum Gasteiger partial charge on any atom is -0.464 e. The van der Waals surface area contributed by atoms with E-state index in [2.05, 4.69) is 27.3 Å². The first-order valence-corrected chi connectivity index (χ1v) is 5.13. The standard InChI is InChI=1S/C7H13IO3/c1-2-11-7(9)6-10-5-3-4-8/h2-6H2,1H3. The maximum Gasteiger partial charge on any atom is 0.332 e. The fraction of sp³-hybridized carbons (Fsp3) is 0.857. The monoisotopic (exact) mass is 272 g/mol. The van der Waals surface area contributed by atoms with Crippen LogP contribution in [0.2, 0.25) is 0 Å². The van der Waals surface area contributed by atoms with Gasteiger partial charge in [-0.05, 0) is 13.3 Å². The summed E-state index contributed by atoms with van der Waals surface area (Å²) in [5.74, 6) is -0.277. The average molecular weight is 272 g/mol. The molecule has 66 valence electrons. The number of hydrogen-bond donors (Lipinski definition) is 0. The van der Waals surface area contributed by atoms with E-state index < -0.39 is 0 Å². The van der Waals surface area contributed by atoms with Crippen LogP contribution in [-0.4, -0.2) is 30.2 Å². The molecule has 0 aliphatic rings. The lowest BCUT2D eigenvalue weighted by Crippen LogP contribution is -2.12. The molecule has 0 aromatic heterocycles. The Labute approximate surface area is 80.6 Å². The Morgan fingerprint density at radius 1 is 1.55 bits per heavy atom. The van der Waals surface area contributed by atoms with Gasteiger partial charge in [0.05, 0.1) is 6.61 Å². The number of hydrogen-bond acceptors (Lipinski definition) is 3. The Kier molecular flexibility index (Phi) is 8.38. The first-order chi connectivity index (χ1) is 5.31. The van der Waals surface area contributed by atoms with Gasteiger partial charge >= 0.3 is 5.97 Å². The Hall–Kier alpha value is 0.160. The molecule has 0 aromatic carbocycles. The Morgan fingerprint density at radius 3 is 2.82 bits per heavy atom. The SMILES string of the molecule is CCOC(=O)COCCCI. The van der Waals surface area contributed by atoms with Crippen LogP contribution in [0.3, 0.4) is 0 Å². The number of carbonyl (C=O) groups is 1. The summed E-state index contributed by atoms with van der Waals surface area (Å²) in [6.07, 6.45) is 0.986. The molecule has 0 spiro atoms. The summed E-state index contributed by atoms with van der Waals surface area (Å²) in [4.78, 5) is 10.7. The molecule has 0 saturated carbocycles. The van der Waals surface area contributed by atoms with Crippen molar-refractivity contribution in [3.05, 3.63) is 0 Å². The van der Waals surface area contributed by atoms with Crippen molar-refractivity contribution in [2.45, 2.75) is 13.3 Å². The van der Waals surface area contributed by atoms with Crippen molar-refractivity contribution < 1.29 is 14.3 Å². The summed E-state index contributed by atoms with van der Waals surface area (Å²) >= 11 is 2.26. The molecule has 0 amide bonds. The minimum absolute atomic E-state index is 0.0878. The van der Waals surface area contributed by atoms with E-state index in [4.69, 9.17) is 4.74 Å². The van der Waals surface area contributed by atoms with Crippen LogP contribution in [0.4, 0.5) is 0 Å². The van der Waals surface area contributed by atoms with Gasteiger partial charge in [0.2, 0.25) is 0 Å². The normalized spacial score (nSPS) is 9.64. The van der Waals surface area contributed by atoms with E-state index in [0.29, 0.717) is 13.2 Å². The van der Waals surface area contributed by atoms with Crippen molar-refractivity contribution in [2.75, 3.05) is 24.2 Å². The Morgan fingerprint density at radius 2 is 2.27 bits per heavy atom. The first kappa shape index (κ1) is 11.2. The summed E-state index contributed by atoms with van der Waals surface area (Å²) in [6, 6.07) is 0. The van der Waals surface area contributed by atoms with Gasteiger partial charge in [0, 0.05) is 11.0 Å². The lowest BCUT2D eigenvalue weighted by Gasteiger charge is -2.01. The summed E-state index contributed by atoms with van der Waals surface area (Å²) < 4.78 is 10.7. The maximum atomic E-state index is 10.7. The third-order valence-corrected chi connectivity index (χ3v) is 1.71. The van der Waals surface area contributed by atoms with E-state index in [9.17, 15) is 4.79 Å². The van der Waals surface area contributed by atoms with E-state index >= 15 is 0 Å². The largest absolute Gasteiger partial charge is 0.464 e. The van der Waals surface area contributed by atoms with Crippen LogP contribution in [-0.2, 0) is 14.3 Å². The first-order valence-electron chi connectivity index (χ1n) is 3.60. The van der Waals surface area contributed by atoms with Gasteiger partial charge < -0.3 is 9.47 Å². The number of rotatable bonds is 6. The van der Waals surface area contributed by atoms with Crippen LogP contribution in [0.15, 0.2) is 0 Å². The molecule has 4 heteroatoms. The molecule has 0 radical (unpaired) electrons. The molecule has 0 heterocycles. The Bertz CT molecular complexity index is 106. The zero-order valence-corrected chi connectivity index (χ0v) is 8.80. The van der Waals surface area contributed by atoms with Crippen molar-refractivity contribution in [3.8, 4) is 0 Å². The highest BCUT2D eigenvalue weighted by molar-refractivity contribution is 14.1. The van der Waals surface area contributed by atoms with Gasteiger partial charge in [0.1, 0.15) is 6.61 Å². The fourth-order valence-corrected chi connectivity index (χ4v) is 0.826. The number of halogens is 1. The van der Waals surface area contributed by atoms with E-state index in [1.807, 2.05) is 0 Å². The summed E-state index contributed by atoms with van der Waals surface area (Å²) in [6.45, 7) is 2.93. The third kappa shape index (κ3) is 8.06. The van der Waals surface area contributed by atoms with Gasteiger partial charge in [-0.1, -0.05) is 22.6 Å². The van der Waals surface area contributed by atoms with Crippen molar-refractivity contribution in [3.63, 3.8) is 0 Å². The Balaban J connectivity index is 3.04. The predicted octanol–water partition coefficient (Wildman–Crippen LogP) is 1.39. The number of alkyl halides is 1. The third-order valence-electron chi connectivity index (χ3n) is 0.948. The fourth-order valence-electron chi connectivity index (χ4n) is 0.515. The van der Waals surface area contributed by atoms with Crippen LogP contribution in [0.25, 0.3) is 0 Å². The molecule has 0 saturated heterocycles. The molecule has 0 rings (SSSR count). The van der Waals surface area contributed by atoms with E-state index in [1.54, 1.807) is 6.92 Å². The van der Waals surface area contributed by atoms with Crippen LogP contribution < -0.4 is 0 Å². The van der Waals surface area contributed by atoms with Crippen molar-refractivity contribution in [1.29, 1.82) is 0 Å². The molecular formula is C7H13IO3. The lowest BCUT2D eigenvalue weighted by atomic mass is 10.5. The molecule has 0 unspecified atom stereocenters. The molecule has 0 fully saturated rings. The highest BCUT2D eigenvalue weighted by Crippen LogP contribution is 1.89. The maximum absolute atomic E-state index is 10.7. The predicted molar refractivity (Wildman–Crippen MR) is 51.0 cm³/mol. The number of esters is 1. The molecule has 0 aromatic rings. The molecule has 0 N–H and O–H groups in total. The van der Waals surface area contributed by atoms with Crippen LogP contribution in [0, 0.1) is 0 Å². The summed E-state index contributed by atoms with van der Waals surface area (Å²) in [5.41, 5.74) is 0. The number of carbonyl (C=O) groups excluding carboxylic acids is 1. The molecule has 11 heavy (non-hydrogen) atoms. The quantitative estimate of drug-likeness (QED) is 0.317. The number of ether oxygens (including phenoxy) is 2. The molecular weight excluding hydrogens is 259 g/mol. The highest BCUT2D eigenvalue weighted by Gasteiger charge is 1.99. The van der Waals surface area contributed by atoms with Gasteiger partial charge in [0.25, 0.3) is 0 Å². The van der Waals surface area contributed by atoms with E-state index in [-0.39, 0.29) is 12.6 Å². The van der Waals surface area contributed by atoms with E-state index in [0.717, 1.165) is 10.8 Å². The van der Waals surface area contributed by atoms with Crippen LogP contribution >= 0.6 is 22.6 Å². The van der Waals surface area contributed by atoms with Crippen molar-refractivity contribution in [2.24, 2.45) is 0 Å². The molecule has 3 nitrogen and oxygen atoms in total. The molecule has 0 aliphatic heterocycles. The van der Waals surface area contributed by atoms with Gasteiger partial charge in [-0.25, -0.2) is 4.79 Å². The lowest BCUT2D eigenvalue weighted by molar-refractivity contribution is -0.148. The van der Waals surface area contributed by atoms with Crippen molar-refractivity contribution in [1.82, 2.24) is 0 Å². The highest BCUT2D eigenvalue weighted by atomic mass is 127. The minimum atomic E-state index is -0.277. The van der Waals surface area contributed by atoms with E-state index in [1.165, 1.54) is 0 Å². The molecule has 0 atom stereocenters. The van der Waals surface area contributed by atoms with Gasteiger partial charge in [0.15, 0.2) is 0 Å². The topological polar surface area (TPSA) is 35.5 Å². The van der Waals surface area contributed by atoms with Crippen LogP contribution in [0.5, 0.6) is 0 Å². The average Bonchev–Trinajstić information content (AvgIpc) is 1.99. The second kappa shape index (κ2) is 8.26. The second-order valence-corrected chi connectivity index (χ2v) is 2.98. The van der Waals surface area contributed by atoms with Crippen molar-refractivity contribution >= 4 is 28.6 Å². The summed E-state index contributed by atoms with van der Waals surface area (Å²) in [7, 11) is 0. The van der Waals surface area contributed by atoms with Gasteiger partial charge in [-0.3, -0.25) is 0 Å². The molecule has 0 aliphatic carbocycles. The zero-order chi connectivity index (χ0) is 8.53. The second-order valence-electron chi connectivity index (χ2n) is 1.90. The smallest absolute Gasteiger partial charge is 0.332 e. The van der Waals surface area contributed by atoms with Gasteiger partial charge in [-0.2, -0.15) is 0 Å². The summed E-state index contributed by atoms with van der Waals surface area (Å²) in [5, 5.41) is 0. The zero-order valence-electron chi connectivity index (χ0n) is 6.64. The molecule has 0 bridgehead atoms. The van der Waals surface area contributed by atoms with Crippen LogP contribution in [0.1, 0.15) is 13.3 Å².